The van der Waals surface area contributed by atoms with E-state index < -0.39 is 11.9 Å². The lowest BCUT2D eigenvalue weighted by molar-refractivity contribution is -0.140. The number of carbonyl (C=O) groups is 1. The van der Waals surface area contributed by atoms with Gasteiger partial charge in [-0.15, -0.1) is 0 Å². The van der Waals surface area contributed by atoms with Crippen molar-refractivity contribution in [3.8, 4) is 5.75 Å². The fourth-order valence-corrected chi connectivity index (χ4v) is 3.03. The molecule has 1 aliphatic heterocycles. The highest BCUT2D eigenvalue weighted by molar-refractivity contribution is 5.81. The number of benzene rings is 1. The summed E-state index contributed by atoms with van der Waals surface area (Å²) in [6.07, 6.45) is 4.70. The van der Waals surface area contributed by atoms with Gasteiger partial charge in [0, 0.05) is 38.2 Å². The molecule has 3 rings (SSSR count). The van der Waals surface area contributed by atoms with Crippen LogP contribution in [0.1, 0.15) is 25.3 Å². The highest BCUT2D eigenvalue weighted by Gasteiger charge is 2.27. The first-order valence-electron chi connectivity index (χ1n) is 8.83. The summed E-state index contributed by atoms with van der Waals surface area (Å²) in [4.78, 5) is 18.8. The molecule has 2 aromatic rings. The van der Waals surface area contributed by atoms with Gasteiger partial charge in [0.1, 0.15) is 11.6 Å². The van der Waals surface area contributed by atoms with E-state index in [0.717, 1.165) is 25.0 Å². The van der Waals surface area contributed by atoms with Gasteiger partial charge in [0.2, 0.25) is 0 Å². The maximum atomic E-state index is 13.3. The van der Waals surface area contributed by atoms with E-state index in [1.54, 1.807) is 36.4 Å². The molecule has 1 aromatic carbocycles. The predicted octanol–water partition coefficient (Wildman–Crippen LogP) is 3.20. The molecule has 0 spiro atoms. The Morgan fingerprint density at radius 1 is 1.42 bits per heavy atom. The van der Waals surface area contributed by atoms with Gasteiger partial charge in [-0.05, 0) is 43.5 Å². The average molecular weight is 358 g/mol. The summed E-state index contributed by atoms with van der Waals surface area (Å²) < 4.78 is 24.7. The van der Waals surface area contributed by atoms with Gasteiger partial charge < -0.3 is 14.4 Å². The molecule has 0 unspecified atom stereocenters. The third-order valence-electron chi connectivity index (χ3n) is 4.31. The Hall–Kier alpha value is -2.47. The van der Waals surface area contributed by atoms with Gasteiger partial charge in [-0.3, -0.25) is 9.78 Å². The van der Waals surface area contributed by atoms with Crippen molar-refractivity contribution in [1.82, 2.24) is 9.88 Å². The van der Waals surface area contributed by atoms with Crippen molar-refractivity contribution in [2.45, 2.75) is 38.5 Å². The molecule has 138 valence electrons. The number of halogens is 1. The molecule has 1 aromatic heterocycles. The molecule has 1 amide bonds. The van der Waals surface area contributed by atoms with Gasteiger partial charge in [-0.2, -0.15) is 0 Å². The molecule has 6 heteroatoms. The number of amides is 1. The summed E-state index contributed by atoms with van der Waals surface area (Å²) in [6.45, 7) is 3.35. The summed E-state index contributed by atoms with van der Waals surface area (Å²) >= 11 is 0. The van der Waals surface area contributed by atoms with Gasteiger partial charge in [0.15, 0.2) is 6.10 Å². The number of hydrogen-bond donors (Lipinski definition) is 0. The summed E-state index contributed by atoms with van der Waals surface area (Å²) in [5.41, 5.74) is 0.941. The minimum Gasteiger partial charge on any atom is -0.481 e. The van der Waals surface area contributed by atoms with Crippen LogP contribution in [0.4, 0.5) is 4.39 Å². The number of hydrogen-bond acceptors (Lipinski definition) is 4. The van der Waals surface area contributed by atoms with Crippen molar-refractivity contribution in [3.63, 3.8) is 0 Å². The van der Waals surface area contributed by atoms with Crippen molar-refractivity contribution in [3.05, 3.63) is 60.2 Å². The molecule has 0 N–H and O–H groups in total. The quantitative estimate of drug-likeness (QED) is 0.763. The van der Waals surface area contributed by atoms with Crippen LogP contribution in [-0.4, -0.2) is 41.2 Å². The van der Waals surface area contributed by atoms with Crippen LogP contribution >= 0.6 is 0 Å². The topological polar surface area (TPSA) is 51.7 Å². The van der Waals surface area contributed by atoms with Crippen LogP contribution in [0.5, 0.6) is 5.75 Å². The van der Waals surface area contributed by atoms with Crippen molar-refractivity contribution in [2.24, 2.45) is 0 Å². The highest BCUT2D eigenvalue weighted by Crippen LogP contribution is 2.18. The lowest BCUT2D eigenvalue weighted by atomic mass is 10.2. The Morgan fingerprint density at radius 2 is 2.31 bits per heavy atom. The summed E-state index contributed by atoms with van der Waals surface area (Å²) in [6, 6.07) is 9.58. The maximum Gasteiger partial charge on any atom is 0.263 e. The monoisotopic (exact) mass is 358 g/mol. The second kappa shape index (κ2) is 8.76. The molecule has 1 aliphatic rings. The average Bonchev–Trinajstić information content (AvgIpc) is 3.14. The zero-order valence-corrected chi connectivity index (χ0v) is 14.8. The summed E-state index contributed by atoms with van der Waals surface area (Å²) in [5, 5.41) is 0. The normalized spacial score (nSPS) is 17.7. The van der Waals surface area contributed by atoms with Crippen LogP contribution in [0.25, 0.3) is 0 Å². The van der Waals surface area contributed by atoms with Gasteiger partial charge >= 0.3 is 0 Å². The van der Waals surface area contributed by atoms with Crippen LogP contribution in [0.2, 0.25) is 0 Å². The number of pyridine rings is 1. The van der Waals surface area contributed by atoms with Crippen LogP contribution < -0.4 is 4.74 Å². The second-order valence-electron chi connectivity index (χ2n) is 6.43. The molecule has 2 heterocycles. The van der Waals surface area contributed by atoms with Gasteiger partial charge in [0.25, 0.3) is 5.91 Å². The third kappa shape index (κ3) is 5.02. The number of aromatic nitrogens is 1. The van der Waals surface area contributed by atoms with E-state index in [9.17, 15) is 9.18 Å². The van der Waals surface area contributed by atoms with E-state index in [-0.39, 0.29) is 12.0 Å². The van der Waals surface area contributed by atoms with Crippen molar-refractivity contribution in [2.75, 3.05) is 13.2 Å². The molecular weight excluding hydrogens is 335 g/mol. The zero-order chi connectivity index (χ0) is 18.4. The van der Waals surface area contributed by atoms with Gasteiger partial charge in [0.05, 0.1) is 6.10 Å². The second-order valence-corrected chi connectivity index (χ2v) is 6.43. The van der Waals surface area contributed by atoms with Gasteiger partial charge in [-0.25, -0.2) is 4.39 Å². The number of ether oxygens (including phenoxy) is 2. The van der Waals surface area contributed by atoms with Crippen LogP contribution in [0.3, 0.4) is 0 Å². The Morgan fingerprint density at radius 3 is 3.00 bits per heavy atom. The van der Waals surface area contributed by atoms with Crippen LogP contribution in [-0.2, 0) is 16.1 Å². The first kappa shape index (κ1) is 18.3. The third-order valence-corrected chi connectivity index (χ3v) is 4.31. The zero-order valence-electron chi connectivity index (χ0n) is 14.8. The van der Waals surface area contributed by atoms with Crippen molar-refractivity contribution in [1.29, 1.82) is 0 Å². The molecule has 5 nitrogen and oxygen atoms in total. The standard InChI is InChI=1S/C20H23FN2O3/c1-15(26-18-7-2-6-17(21)11-18)20(24)23(14-19-8-4-10-25-19)13-16-5-3-9-22-12-16/h2-3,5-7,9,11-12,15,19H,4,8,10,13-14H2,1H3/t15-,19+/m1/s1. The van der Waals surface area contributed by atoms with Crippen LogP contribution in [0, 0.1) is 5.82 Å². The Labute approximate surface area is 152 Å². The SMILES string of the molecule is C[C@@H](Oc1cccc(F)c1)C(=O)N(Cc1cccnc1)C[C@@H]1CCCO1. The highest BCUT2D eigenvalue weighted by atomic mass is 19.1. The fourth-order valence-electron chi connectivity index (χ4n) is 3.03. The summed E-state index contributed by atoms with van der Waals surface area (Å²) in [7, 11) is 0. The molecule has 0 aliphatic carbocycles. The molecule has 1 fully saturated rings. The number of rotatable bonds is 7. The first-order chi connectivity index (χ1) is 12.6. The molecule has 2 atom stereocenters. The van der Waals surface area contributed by atoms with E-state index in [0.29, 0.717) is 18.8 Å². The maximum absolute atomic E-state index is 13.3. The fraction of sp³-hybridized carbons (Fsp3) is 0.400. The minimum absolute atomic E-state index is 0.0389. The molecular formula is C20H23FN2O3. The number of nitrogens with zero attached hydrogens (tertiary/aromatic N) is 2. The lowest BCUT2D eigenvalue weighted by Crippen LogP contribution is -2.43. The molecule has 1 saturated heterocycles. The van der Waals surface area contributed by atoms with E-state index in [1.807, 2.05) is 12.1 Å². The Bertz CT molecular complexity index is 720. The summed E-state index contributed by atoms with van der Waals surface area (Å²) in [5.74, 6) is -0.216. The van der Waals surface area contributed by atoms with E-state index >= 15 is 0 Å². The first-order valence-corrected chi connectivity index (χ1v) is 8.83. The molecule has 0 radical (unpaired) electrons. The van der Waals surface area contributed by atoms with Crippen molar-refractivity contribution < 1.29 is 18.7 Å². The van der Waals surface area contributed by atoms with E-state index in [2.05, 4.69) is 4.98 Å². The van der Waals surface area contributed by atoms with E-state index in [4.69, 9.17) is 9.47 Å². The van der Waals surface area contributed by atoms with Gasteiger partial charge in [-0.1, -0.05) is 12.1 Å². The Kier molecular flexibility index (Phi) is 6.17. The van der Waals surface area contributed by atoms with E-state index in [1.165, 1.54) is 12.1 Å². The predicted molar refractivity (Wildman–Crippen MR) is 95.1 cm³/mol. The lowest BCUT2D eigenvalue weighted by Gasteiger charge is -2.28. The number of carbonyl (C=O) groups excluding carboxylic acids is 1. The van der Waals surface area contributed by atoms with Crippen LogP contribution in [0.15, 0.2) is 48.8 Å². The molecule has 0 bridgehead atoms. The Balaban J connectivity index is 1.69. The molecule has 26 heavy (non-hydrogen) atoms. The van der Waals surface area contributed by atoms with Crippen molar-refractivity contribution >= 4 is 5.91 Å². The minimum atomic E-state index is -0.727. The smallest absolute Gasteiger partial charge is 0.263 e. The molecule has 0 saturated carbocycles. The largest absolute Gasteiger partial charge is 0.481 e.